The van der Waals surface area contributed by atoms with Crippen LogP contribution in [0.1, 0.15) is 30.7 Å². The third-order valence-electron chi connectivity index (χ3n) is 2.71. The van der Waals surface area contributed by atoms with Crippen LogP contribution in [-0.2, 0) is 22.7 Å². The molecule has 0 saturated heterocycles. The van der Waals surface area contributed by atoms with Gasteiger partial charge in [-0.1, -0.05) is 35.5 Å². The first kappa shape index (κ1) is 14.1. The van der Waals surface area contributed by atoms with E-state index in [1.165, 1.54) is 0 Å². The molecule has 1 heterocycles. The second-order valence-electron chi connectivity index (χ2n) is 4.33. The minimum absolute atomic E-state index is 0.117. The van der Waals surface area contributed by atoms with Gasteiger partial charge in [0, 0.05) is 12.8 Å². The SMILES string of the molecule is O=C(CCCCc1nn[nH]n1)NOCc1ccccc1. The standard InChI is InChI=1S/C13H17N5O2/c19-13(9-5-4-8-12-14-17-18-15-12)16-20-10-11-6-2-1-3-7-11/h1-3,6-7H,4-5,8-10H2,(H,16,19)(H,14,15,17,18). The molecule has 0 bridgehead atoms. The number of rotatable bonds is 8. The Morgan fingerprint density at radius 3 is 2.85 bits per heavy atom. The first-order chi connectivity index (χ1) is 9.84. The molecule has 7 nitrogen and oxygen atoms in total. The number of unbranched alkanes of at least 4 members (excludes halogenated alkanes) is 1. The molecule has 1 amide bonds. The van der Waals surface area contributed by atoms with Crippen molar-refractivity contribution in [3.05, 3.63) is 41.7 Å². The summed E-state index contributed by atoms with van der Waals surface area (Å²) in [5, 5.41) is 13.6. The van der Waals surface area contributed by atoms with E-state index in [4.69, 9.17) is 4.84 Å². The average molecular weight is 275 g/mol. The van der Waals surface area contributed by atoms with E-state index >= 15 is 0 Å². The lowest BCUT2D eigenvalue weighted by Crippen LogP contribution is -2.23. The number of hydroxylamine groups is 1. The zero-order valence-electron chi connectivity index (χ0n) is 11.1. The predicted octanol–water partition coefficient (Wildman–Crippen LogP) is 1.16. The van der Waals surface area contributed by atoms with Crippen LogP contribution >= 0.6 is 0 Å². The van der Waals surface area contributed by atoms with Crippen LogP contribution in [0.25, 0.3) is 0 Å². The Kier molecular flexibility index (Phi) is 5.66. The highest BCUT2D eigenvalue weighted by Gasteiger charge is 2.03. The predicted molar refractivity (Wildman–Crippen MR) is 71.1 cm³/mol. The molecular weight excluding hydrogens is 258 g/mol. The smallest absolute Gasteiger partial charge is 0.243 e. The molecule has 20 heavy (non-hydrogen) atoms. The molecule has 0 aliphatic heterocycles. The highest BCUT2D eigenvalue weighted by atomic mass is 16.6. The van der Waals surface area contributed by atoms with Crippen molar-refractivity contribution in [1.29, 1.82) is 0 Å². The molecule has 0 atom stereocenters. The summed E-state index contributed by atoms with van der Waals surface area (Å²) in [5.41, 5.74) is 3.45. The summed E-state index contributed by atoms with van der Waals surface area (Å²) in [5.74, 6) is 0.555. The summed E-state index contributed by atoms with van der Waals surface area (Å²) in [6, 6.07) is 9.68. The van der Waals surface area contributed by atoms with Crippen molar-refractivity contribution in [2.75, 3.05) is 0 Å². The zero-order valence-corrected chi connectivity index (χ0v) is 11.1. The van der Waals surface area contributed by atoms with E-state index in [1.807, 2.05) is 30.3 Å². The molecule has 2 aromatic rings. The Labute approximate surface area is 116 Å². The zero-order chi connectivity index (χ0) is 14.0. The van der Waals surface area contributed by atoms with Gasteiger partial charge in [0.05, 0.1) is 6.61 Å². The van der Waals surface area contributed by atoms with Gasteiger partial charge in [-0.15, -0.1) is 10.2 Å². The Morgan fingerprint density at radius 2 is 2.10 bits per heavy atom. The van der Waals surface area contributed by atoms with Gasteiger partial charge in [0.2, 0.25) is 5.91 Å². The van der Waals surface area contributed by atoms with Crippen LogP contribution in [0.3, 0.4) is 0 Å². The molecule has 0 radical (unpaired) electrons. The summed E-state index contributed by atoms with van der Waals surface area (Å²) >= 11 is 0. The van der Waals surface area contributed by atoms with E-state index in [1.54, 1.807) is 0 Å². The fourth-order valence-electron chi connectivity index (χ4n) is 1.68. The second-order valence-corrected chi connectivity index (χ2v) is 4.33. The van der Waals surface area contributed by atoms with Gasteiger partial charge < -0.3 is 0 Å². The summed E-state index contributed by atoms with van der Waals surface area (Å²) in [4.78, 5) is 16.7. The van der Waals surface area contributed by atoms with Crippen molar-refractivity contribution in [2.45, 2.75) is 32.3 Å². The number of carbonyl (C=O) groups excluding carboxylic acids is 1. The van der Waals surface area contributed by atoms with E-state index in [9.17, 15) is 4.79 Å². The first-order valence-electron chi connectivity index (χ1n) is 6.51. The first-order valence-corrected chi connectivity index (χ1v) is 6.51. The van der Waals surface area contributed by atoms with Gasteiger partial charge in [-0.3, -0.25) is 9.63 Å². The minimum Gasteiger partial charge on any atom is -0.273 e. The summed E-state index contributed by atoms with van der Waals surface area (Å²) in [7, 11) is 0. The molecule has 0 spiro atoms. The largest absolute Gasteiger partial charge is 0.273 e. The highest BCUT2D eigenvalue weighted by molar-refractivity contribution is 5.74. The van der Waals surface area contributed by atoms with Gasteiger partial charge in [-0.25, -0.2) is 5.48 Å². The number of aryl methyl sites for hydroxylation is 1. The minimum atomic E-state index is -0.117. The van der Waals surface area contributed by atoms with Crippen molar-refractivity contribution < 1.29 is 9.63 Å². The van der Waals surface area contributed by atoms with Crippen LogP contribution in [-0.4, -0.2) is 26.5 Å². The molecule has 106 valence electrons. The monoisotopic (exact) mass is 275 g/mol. The van der Waals surface area contributed by atoms with E-state index in [-0.39, 0.29) is 5.91 Å². The Balaban J connectivity index is 1.52. The van der Waals surface area contributed by atoms with Crippen molar-refractivity contribution in [1.82, 2.24) is 26.1 Å². The number of aromatic nitrogens is 4. The van der Waals surface area contributed by atoms with Crippen LogP contribution in [0.4, 0.5) is 0 Å². The Hall–Kier alpha value is -2.28. The number of nitrogens with one attached hydrogen (secondary N) is 2. The van der Waals surface area contributed by atoms with Crippen molar-refractivity contribution >= 4 is 5.91 Å². The van der Waals surface area contributed by atoms with Crippen LogP contribution in [0, 0.1) is 0 Å². The third-order valence-corrected chi connectivity index (χ3v) is 2.71. The van der Waals surface area contributed by atoms with Crippen molar-refractivity contribution in [3.8, 4) is 0 Å². The number of amides is 1. The average Bonchev–Trinajstić information content (AvgIpc) is 2.98. The van der Waals surface area contributed by atoms with E-state index in [0.717, 1.165) is 18.4 Å². The number of hydrogen-bond donors (Lipinski definition) is 2. The lowest BCUT2D eigenvalue weighted by molar-refractivity contribution is -0.134. The number of hydrogen-bond acceptors (Lipinski definition) is 5. The third kappa shape index (κ3) is 5.15. The molecule has 7 heteroatoms. The number of benzene rings is 1. The van der Waals surface area contributed by atoms with Crippen LogP contribution in [0.5, 0.6) is 0 Å². The molecule has 2 N–H and O–H groups in total. The van der Waals surface area contributed by atoms with Gasteiger partial charge in [-0.05, 0) is 18.4 Å². The molecule has 0 unspecified atom stereocenters. The lowest BCUT2D eigenvalue weighted by Gasteiger charge is -2.05. The van der Waals surface area contributed by atoms with Gasteiger partial charge in [0.15, 0.2) is 5.82 Å². The Bertz CT molecular complexity index is 501. The van der Waals surface area contributed by atoms with E-state index < -0.39 is 0 Å². The molecule has 2 rings (SSSR count). The second kappa shape index (κ2) is 8.00. The number of nitrogens with zero attached hydrogens (tertiary/aromatic N) is 3. The molecular formula is C13H17N5O2. The number of tetrazole rings is 1. The Morgan fingerprint density at radius 1 is 1.25 bits per heavy atom. The molecule has 1 aromatic carbocycles. The fraction of sp³-hybridized carbons (Fsp3) is 0.385. The highest BCUT2D eigenvalue weighted by Crippen LogP contribution is 2.02. The molecule has 0 fully saturated rings. The topological polar surface area (TPSA) is 92.8 Å². The number of aromatic amines is 1. The maximum absolute atomic E-state index is 11.5. The number of carbonyl (C=O) groups is 1. The maximum Gasteiger partial charge on any atom is 0.243 e. The summed E-state index contributed by atoms with van der Waals surface area (Å²) < 4.78 is 0. The number of H-pyrrole nitrogens is 1. The van der Waals surface area contributed by atoms with Gasteiger partial charge in [-0.2, -0.15) is 5.21 Å². The maximum atomic E-state index is 11.5. The van der Waals surface area contributed by atoms with E-state index in [2.05, 4.69) is 26.1 Å². The molecule has 0 aliphatic carbocycles. The van der Waals surface area contributed by atoms with Gasteiger partial charge in [0.1, 0.15) is 0 Å². The van der Waals surface area contributed by atoms with E-state index in [0.29, 0.717) is 25.3 Å². The van der Waals surface area contributed by atoms with Crippen molar-refractivity contribution in [2.24, 2.45) is 0 Å². The van der Waals surface area contributed by atoms with Gasteiger partial charge in [0.25, 0.3) is 0 Å². The van der Waals surface area contributed by atoms with Crippen molar-refractivity contribution in [3.63, 3.8) is 0 Å². The quantitative estimate of drug-likeness (QED) is 0.557. The summed E-state index contributed by atoms with van der Waals surface area (Å²) in [6.45, 7) is 0.370. The lowest BCUT2D eigenvalue weighted by atomic mass is 10.2. The van der Waals surface area contributed by atoms with Crippen LogP contribution in [0.15, 0.2) is 30.3 Å². The van der Waals surface area contributed by atoms with Crippen LogP contribution < -0.4 is 5.48 Å². The molecule has 0 saturated carbocycles. The van der Waals surface area contributed by atoms with Gasteiger partial charge >= 0.3 is 0 Å². The molecule has 0 aliphatic rings. The fourth-order valence-corrected chi connectivity index (χ4v) is 1.68. The summed E-state index contributed by atoms with van der Waals surface area (Å²) in [6.07, 6.45) is 2.74. The van der Waals surface area contributed by atoms with Crippen LogP contribution in [0.2, 0.25) is 0 Å². The molecule has 1 aromatic heterocycles. The normalized spacial score (nSPS) is 10.4.